The van der Waals surface area contributed by atoms with Gasteiger partial charge in [0.15, 0.2) is 5.13 Å². The predicted octanol–water partition coefficient (Wildman–Crippen LogP) is 3.87. The van der Waals surface area contributed by atoms with Gasteiger partial charge in [-0.2, -0.15) is 0 Å². The topological polar surface area (TPSA) is 52.6 Å². The fraction of sp³-hybridized carbons (Fsp3) is 0.357. The van der Waals surface area contributed by atoms with Gasteiger partial charge in [0.05, 0.1) is 25.5 Å². The number of hydrogen-bond donors (Lipinski definition) is 1. The van der Waals surface area contributed by atoms with Crippen LogP contribution in [0.4, 0.5) is 24.0 Å². The molecule has 5 nitrogen and oxygen atoms in total. The Morgan fingerprint density at radius 1 is 1.30 bits per heavy atom. The van der Waals surface area contributed by atoms with Crippen LogP contribution in [0.25, 0.3) is 0 Å². The monoisotopic (exact) mass is 346 g/mol. The van der Waals surface area contributed by atoms with Crippen LogP contribution >= 0.6 is 11.3 Å². The van der Waals surface area contributed by atoms with Crippen LogP contribution in [-0.4, -0.2) is 31.2 Å². The highest BCUT2D eigenvalue weighted by Crippen LogP contribution is 2.29. The number of anilines is 2. The van der Waals surface area contributed by atoms with Crippen molar-refractivity contribution in [3.63, 3.8) is 0 Å². The van der Waals surface area contributed by atoms with Crippen molar-refractivity contribution in [1.29, 1.82) is 0 Å². The Kier molecular flexibility index (Phi) is 4.69. The molecule has 23 heavy (non-hydrogen) atoms. The average Bonchev–Trinajstić information content (AvgIpc) is 2.95. The van der Waals surface area contributed by atoms with Crippen LogP contribution in [0.5, 0.6) is 5.75 Å². The second-order valence-electron chi connectivity index (χ2n) is 4.71. The third-order valence-corrected chi connectivity index (χ3v) is 3.76. The van der Waals surface area contributed by atoms with Crippen molar-refractivity contribution in [1.82, 2.24) is 4.98 Å². The zero-order chi connectivity index (χ0) is 16.3. The van der Waals surface area contributed by atoms with Crippen LogP contribution in [-0.2, 0) is 9.47 Å². The summed E-state index contributed by atoms with van der Waals surface area (Å²) in [4.78, 5) is 4.37. The van der Waals surface area contributed by atoms with Gasteiger partial charge >= 0.3 is 6.36 Å². The summed E-state index contributed by atoms with van der Waals surface area (Å²) >= 11 is 1.34. The molecule has 1 unspecified atom stereocenters. The van der Waals surface area contributed by atoms with Gasteiger partial charge in [0.1, 0.15) is 11.9 Å². The molecule has 3 rings (SSSR count). The zero-order valence-electron chi connectivity index (χ0n) is 11.8. The molecule has 1 aliphatic heterocycles. The van der Waals surface area contributed by atoms with Gasteiger partial charge in [0.25, 0.3) is 0 Å². The lowest BCUT2D eigenvalue weighted by atomic mass is 10.3. The van der Waals surface area contributed by atoms with E-state index >= 15 is 0 Å². The van der Waals surface area contributed by atoms with Gasteiger partial charge in [0, 0.05) is 17.1 Å². The summed E-state index contributed by atoms with van der Waals surface area (Å²) in [7, 11) is 0. The average molecular weight is 346 g/mol. The van der Waals surface area contributed by atoms with E-state index < -0.39 is 6.36 Å². The first kappa shape index (κ1) is 16.0. The normalized spacial score (nSPS) is 18.7. The van der Waals surface area contributed by atoms with E-state index in [1.807, 2.05) is 5.38 Å². The Hall–Kier alpha value is -1.84. The highest BCUT2D eigenvalue weighted by molar-refractivity contribution is 7.13. The minimum atomic E-state index is -4.72. The molecule has 0 spiro atoms. The van der Waals surface area contributed by atoms with E-state index in [-0.39, 0.29) is 11.9 Å². The molecule has 0 bridgehead atoms. The Morgan fingerprint density at radius 3 is 2.91 bits per heavy atom. The van der Waals surface area contributed by atoms with E-state index in [1.165, 1.54) is 29.5 Å². The van der Waals surface area contributed by atoms with Gasteiger partial charge in [-0.3, -0.25) is 0 Å². The first-order chi connectivity index (χ1) is 11.0. The van der Waals surface area contributed by atoms with Gasteiger partial charge in [0.2, 0.25) is 0 Å². The molecule has 9 heteroatoms. The lowest BCUT2D eigenvalue weighted by molar-refractivity contribution is -0.274. The molecule has 124 valence electrons. The minimum absolute atomic E-state index is 0.213. The van der Waals surface area contributed by atoms with E-state index in [0.29, 0.717) is 30.6 Å². The first-order valence-electron chi connectivity index (χ1n) is 6.77. The second-order valence-corrected chi connectivity index (χ2v) is 5.57. The summed E-state index contributed by atoms with van der Waals surface area (Å²) in [5.74, 6) is -0.289. The zero-order valence-corrected chi connectivity index (χ0v) is 12.6. The number of ether oxygens (including phenoxy) is 3. The molecule has 1 aromatic carbocycles. The third kappa shape index (κ3) is 4.57. The minimum Gasteiger partial charge on any atom is -0.406 e. The predicted molar refractivity (Wildman–Crippen MR) is 78.0 cm³/mol. The fourth-order valence-corrected chi connectivity index (χ4v) is 2.82. The molecule has 1 atom stereocenters. The van der Waals surface area contributed by atoms with Crippen molar-refractivity contribution in [2.45, 2.75) is 12.5 Å². The van der Waals surface area contributed by atoms with Crippen LogP contribution in [0.3, 0.4) is 0 Å². The van der Waals surface area contributed by atoms with Crippen molar-refractivity contribution in [2.24, 2.45) is 0 Å². The highest BCUT2D eigenvalue weighted by Gasteiger charge is 2.31. The molecule has 2 aromatic rings. The van der Waals surface area contributed by atoms with Crippen LogP contribution in [0.1, 0.15) is 11.8 Å². The molecule has 1 aliphatic rings. The molecular weight excluding hydrogens is 333 g/mol. The molecule has 0 amide bonds. The highest BCUT2D eigenvalue weighted by atomic mass is 32.1. The number of benzene rings is 1. The molecule has 2 heterocycles. The maximum Gasteiger partial charge on any atom is 0.573 e. The second kappa shape index (κ2) is 6.73. The van der Waals surface area contributed by atoms with E-state index in [0.717, 1.165) is 5.69 Å². The number of halogens is 3. The smallest absolute Gasteiger partial charge is 0.406 e. The van der Waals surface area contributed by atoms with Crippen LogP contribution in [0, 0.1) is 0 Å². The van der Waals surface area contributed by atoms with Crippen molar-refractivity contribution in [3.8, 4) is 5.75 Å². The van der Waals surface area contributed by atoms with Crippen molar-refractivity contribution >= 4 is 22.2 Å². The number of alkyl halides is 3. The number of nitrogens with zero attached hydrogens (tertiary/aromatic N) is 1. The Labute approximate surface area is 134 Å². The SMILES string of the molecule is FC(F)(F)Oc1cccc(Nc2nc(C3COCCO3)cs2)c1. The largest absolute Gasteiger partial charge is 0.573 e. The Balaban J connectivity index is 1.67. The number of aromatic nitrogens is 1. The van der Waals surface area contributed by atoms with Crippen molar-refractivity contribution in [2.75, 3.05) is 25.1 Å². The van der Waals surface area contributed by atoms with Gasteiger partial charge in [-0.15, -0.1) is 24.5 Å². The number of nitrogens with one attached hydrogen (secondary N) is 1. The Bertz CT molecular complexity index is 657. The van der Waals surface area contributed by atoms with E-state index in [9.17, 15) is 13.2 Å². The van der Waals surface area contributed by atoms with Crippen LogP contribution < -0.4 is 10.1 Å². The summed E-state index contributed by atoms with van der Waals surface area (Å²) < 4.78 is 51.4. The number of thiazole rings is 1. The third-order valence-electron chi connectivity index (χ3n) is 2.99. The maximum atomic E-state index is 12.2. The first-order valence-corrected chi connectivity index (χ1v) is 7.65. The van der Waals surface area contributed by atoms with Crippen molar-refractivity contribution in [3.05, 3.63) is 35.3 Å². The molecule has 1 saturated heterocycles. The van der Waals surface area contributed by atoms with Gasteiger partial charge in [-0.1, -0.05) is 6.07 Å². The lowest BCUT2D eigenvalue weighted by Crippen LogP contribution is -2.22. The van der Waals surface area contributed by atoms with Crippen LogP contribution in [0.2, 0.25) is 0 Å². The molecule has 1 N–H and O–H groups in total. The lowest BCUT2D eigenvalue weighted by Gasteiger charge is -2.21. The van der Waals surface area contributed by atoms with Gasteiger partial charge in [-0.05, 0) is 12.1 Å². The quantitative estimate of drug-likeness (QED) is 0.911. The van der Waals surface area contributed by atoms with E-state index in [1.54, 1.807) is 6.07 Å². The summed E-state index contributed by atoms with van der Waals surface area (Å²) in [6.07, 6.45) is -4.93. The van der Waals surface area contributed by atoms with Gasteiger partial charge < -0.3 is 19.5 Å². The number of hydrogen-bond acceptors (Lipinski definition) is 6. The summed E-state index contributed by atoms with van der Waals surface area (Å²) in [6, 6.07) is 5.59. The fourth-order valence-electron chi connectivity index (χ4n) is 2.04. The molecule has 0 radical (unpaired) electrons. The summed E-state index contributed by atoms with van der Waals surface area (Å²) in [5, 5.41) is 5.34. The van der Waals surface area contributed by atoms with Gasteiger partial charge in [-0.25, -0.2) is 4.98 Å². The van der Waals surface area contributed by atoms with Crippen LogP contribution in [0.15, 0.2) is 29.6 Å². The summed E-state index contributed by atoms with van der Waals surface area (Å²) in [6.45, 7) is 1.53. The molecule has 1 fully saturated rings. The van der Waals surface area contributed by atoms with Crippen molar-refractivity contribution < 1.29 is 27.4 Å². The molecule has 0 saturated carbocycles. The van der Waals surface area contributed by atoms with E-state index in [4.69, 9.17) is 9.47 Å². The Morgan fingerprint density at radius 2 is 2.17 bits per heavy atom. The van der Waals surface area contributed by atoms with E-state index in [2.05, 4.69) is 15.0 Å². The molecule has 1 aromatic heterocycles. The maximum absolute atomic E-state index is 12.2. The molecular formula is C14H13F3N2O3S. The summed E-state index contributed by atoms with van der Waals surface area (Å²) in [5.41, 5.74) is 1.19. The number of rotatable bonds is 4. The molecule has 0 aliphatic carbocycles. The standard InChI is InChI=1S/C14H13F3N2O3S/c15-14(16,17)22-10-3-1-2-9(6-10)18-13-19-11(8-23-13)12-7-20-4-5-21-12/h1-3,6,8,12H,4-5,7H2,(H,18,19).